The van der Waals surface area contributed by atoms with Gasteiger partial charge in [-0.1, -0.05) is 26.3 Å². The molecule has 7 atom stereocenters. The molecule has 0 aromatic heterocycles. The van der Waals surface area contributed by atoms with Crippen LogP contribution in [0.5, 0.6) is 0 Å². The first kappa shape index (κ1) is 15.6. The van der Waals surface area contributed by atoms with Gasteiger partial charge in [0, 0.05) is 5.41 Å². The van der Waals surface area contributed by atoms with Crippen LogP contribution in [0.15, 0.2) is 11.6 Å². The van der Waals surface area contributed by atoms with Gasteiger partial charge in [0.25, 0.3) is 0 Å². The Morgan fingerprint density at radius 1 is 1.08 bits per heavy atom. The van der Waals surface area contributed by atoms with Crippen LogP contribution in [0.25, 0.3) is 0 Å². The lowest BCUT2D eigenvalue weighted by atomic mass is 9.49. The molecule has 5 aliphatic carbocycles. The van der Waals surface area contributed by atoms with Crippen LogP contribution >= 0.6 is 0 Å². The van der Waals surface area contributed by atoms with E-state index < -0.39 is 0 Å². The van der Waals surface area contributed by atoms with E-state index in [2.05, 4.69) is 26.8 Å². The molecule has 0 unspecified atom stereocenters. The predicted octanol–water partition coefficient (Wildman–Crippen LogP) is 5.79. The maximum atomic E-state index is 12.8. The Morgan fingerprint density at radius 2 is 1.88 bits per heavy atom. The van der Waals surface area contributed by atoms with Crippen LogP contribution in [0.4, 0.5) is 0 Å². The van der Waals surface area contributed by atoms with Crippen LogP contribution in [0.2, 0.25) is 0 Å². The van der Waals surface area contributed by atoms with E-state index in [4.69, 9.17) is 0 Å². The van der Waals surface area contributed by atoms with Crippen molar-refractivity contribution in [3.63, 3.8) is 0 Å². The lowest BCUT2D eigenvalue weighted by Crippen LogP contribution is -2.48. The first-order chi connectivity index (χ1) is 11.5. The molecule has 0 aromatic carbocycles. The Labute approximate surface area is 147 Å². The Balaban J connectivity index is 1.48. The number of carbonyl (C=O) groups excluding carboxylic acids is 1. The van der Waals surface area contributed by atoms with Gasteiger partial charge in [0.2, 0.25) is 0 Å². The van der Waals surface area contributed by atoms with Crippen LogP contribution in [0.3, 0.4) is 0 Å². The number of allylic oxidation sites excluding steroid dienone is 1. The number of carbonyl (C=O) groups is 1. The van der Waals surface area contributed by atoms with E-state index >= 15 is 0 Å². The Bertz CT molecular complexity index is 597. The van der Waals surface area contributed by atoms with Gasteiger partial charge >= 0.3 is 0 Å². The molecule has 1 heteroatoms. The molecular weight excluding hydrogens is 292 g/mol. The first-order valence-electron chi connectivity index (χ1n) is 10.8. The molecule has 5 aliphatic rings. The molecule has 4 saturated carbocycles. The molecule has 0 radical (unpaired) electrons. The van der Waals surface area contributed by atoms with Gasteiger partial charge < -0.3 is 0 Å². The van der Waals surface area contributed by atoms with E-state index in [-0.39, 0.29) is 5.41 Å². The van der Waals surface area contributed by atoms with E-state index in [1.54, 1.807) is 12.0 Å². The summed E-state index contributed by atoms with van der Waals surface area (Å²) in [6.07, 6.45) is 14.0. The minimum atomic E-state index is -0.0331. The van der Waals surface area contributed by atoms with Crippen molar-refractivity contribution < 1.29 is 4.79 Å². The van der Waals surface area contributed by atoms with Gasteiger partial charge in [0.05, 0.1) is 0 Å². The smallest absolute Gasteiger partial charge is 0.161 e. The van der Waals surface area contributed by atoms with Crippen molar-refractivity contribution in [2.24, 2.45) is 46.3 Å². The number of hydrogen-bond donors (Lipinski definition) is 0. The van der Waals surface area contributed by atoms with E-state index in [0.717, 1.165) is 48.3 Å². The minimum Gasteiger partial charge on any atom is -0.294 e. The zero-order valence-electron chi connectivity index (χ0n) is 15.8. The molecule has 5 rings (SSSR count). The van der Waals surface area contributed by atoms with Crippen molar-refractivity contribution in [3.8, 4) is 0 Å². The second-order valence-electron chi connectivity index (χ2n) is 10.3. The summed E-state index contributed by atoms with van der Waals surface area (Å²) in [6, 6.07) is 0. The Hall–Kier alpha value is -0.590. The van der Waals surface area contributed by atoms with Gasteiger partial charge in [-0.15, -0.1) is 0 Å². The maximum Gasteiger partial charge on any atom is 0.161 e. The lowest BCUT2D eigenvalue weighted by molar-refractivity contribution is -0.127. The van der Waals surface area contributed by atoms with Crippen LogP contribution in [-0.2, 0) is 4.79 Å². The lowest BCUT2D eigenvalue weighted by Gasteiger charge is -2.55. The molecule has 0 amide bonds. The van der Waals surface area contributed by atoms with Crippen molar-refractivity contribution in [1.29, 1.82) is 0 Å². The fourth-order valence-corrected chi connectivity index (χ4v) is 8.16. The molecule has 4 fully saturated rings. The van der Waals surface area contributed by atoms with E-state index in [1.165, 1.54) is 38.5 Å². The van der Waals surface area contributed by atoms with Gasteiger partial charge in [-0.05, 0) is 105 Å². The third kappa shape index (κ3) is 1.91. The highest BCUT2D eigenvalue weighted by atomic mass is 16.1. The molecule has 0 bridgehead atoms. The summed E-state index contributed by atoms with van der Waals surface area (Å²) in [7, 11) is 0. The Kier molecular flexibility index (Phi) is 3.25. The number of rotatable bonds is 2. The monoisotopic (exact) mass is 326 g/mol. The average molecular weight is 327 g/mol. The average Bonchev–Trinajstić information content (AvgIpc) is 3.24. The first-order valence-corrected chi connectivity index (χ1v) is 10.8. The van der Waals surface area contributed by atoms with Crippen LogP contribution in [0.1, 0.15) is 78.6 Å². The second-order valence-corrected chi connectivity index (χ2v) is 10.3. The van der Waals surface area contributed by atoms with Gasteiger partial charge in [0.15, 0.2) is 5.78 Å². The summed E-state index contributed by atoms with van der Waals surface area (Å²) in [5.41, 5.74) is 2.19. The van der Waals surface area contributed by atoms with Gasteiger partial charge in [-0.2, -0.15) is 0 Å². The van der Waals surface area contributed by atoms with Gasteiger partial charge in [-0.25, -0.2) is 0 Å². The summed E-state index contributed by atoms with van der Waals surface area (Å²) in [5, 5.41) is 0. The summed E-state index contributed by atoms with van der Waals surface area (Å²) in [5.74, 6) is 6.27. The molecule has 0 N–H and O–H groups in total. The highest BCUT2D eigenvalue weighted by molar-refractivity contribution is 5.96. The van der Waals surface area contributed by atoms with Crippen molar-refractivity contribution in [3.05, 3.63) is 11.6 Å². The predicted molar refractivity (Wildman–Crippen MR) is 97.5 cm³/mol. The van der Waals surface area contributed by atoms with Crippen molar-refractivity contribution >= 4 is 5.78 Å². The van der Waals surface area contributed by atoms with E-state index in [0.29, 0.717) is 11.2 Å². The topological polar surface area (TPSA) is 17.1 Å². The number of hydrogen-bond acceptors (Lipinski definition) is 1. The van der Waals surface area contributed by atoms with Crippen LogP contribution in [-0.4, -0.2) is 5.78 Å². The third-order valence-corrected chi connectivity index (χ3v) is 9.59. The van der Waals surface area contributed by atoms with Crippen molar-refractivity contribution in [1.82, 2.24) is 0 Å². The quantitative estimate of drug-likeness (QED) is 0.627. The fourth-order valence-electron chi connectivity index (χ4n) is 8.16. The third-order valence-electron chi connectivity index (χ3n) is 9.59. The standard InChI is InChI=1S/C23H34O/c1-4-23(5-2)13-19-14(11-20(23)24)6-7-17-16(19)8-9-22(3)12-15-10-18(15)21(17)22/h11,15-19,21H,4-10,12-13H2,1-3H3/t15-,16+,17-,18-,19+,21-,22-/m1/s1. The molecule has 24 heavy (non-hydrogen) atoms. The van der Waals surface area contributed by atoms with Crippen molar-refractivity contribution in [2.45, 2.75) is 78.6 Å². The normalized spacial score (nSPS) is 51.1. The molecule has 1 nitrogen and oxygen atoms in total. The molecule has 0 saturated heterocycles. The van der Waals surface area contributed by atoms with Crippen LogP contribution in [0, 0.1) is 46.3 Å². The van der Waals surface area contributed by atoms with Crippen molar-refractivity contribution in [2.75, 3.05) is 0 Å². The summed E-state index contributed by atoms with van der Waals surface area (Å²) in [4.78, 5) is 12.8. The molecule has 132 valence electrons. The van der Waals surface area contributed by atoms with E-state index in [1.807, 2.05) is 0 Å². The molecule has 0 aliphatic heterocycles. The minimum absolute atomic E-state index is 0.0331. The van der Waals surface area contributed by atoms with E-state index in [9.17, 15) is 4.79 Å². The zero-order valence-corrected chi connectivity index (χ0v) is 15.8. The largest absolute Gasteiger partial charge is 0.294 e. The number of ketones is 1. The SMILES string of the molecule is CCC1(CC)C[C@H]2C(=CC1=O)CC[C@@H]1[C@@H]2CC[C@]2(C)C[C@H]3C[C@H]3[C@@H]12. The highest BCUT2D eigenvalue weighted by Gasteiger charge is 2.64. The zero-order chi connectivity index (χ0) is 16.7. The molecule has 0 aromatic rings. The maximum absolute atomic E-state index is 12.8. The Morgan fingerprint density at radius 3 is 2.62 bits per heavy atom. The molecular formula is C23H34O. The van der Waals surface area contributed by atoms with Gasteiger partial charge in [0.1, 0.15) is 0 Å². The summed E-state index contributed by atoms with van der Waals surface area (Å²) >= 11 is 0. The highest BCUT2D eigenvalue weighted by Crippen LogP contribution is 2.72. The number of fused-ring (bicyclic) bond motifs is 7. The second kappa shape index (κ2) is 4.98. The van der Waals surface area contributed by atoms with Crippen LogP contribution < -0.4 is 0 Å². The summed E-state index contributed by atoms with van der Waals surface area (Å²) in [6.45, 7) is 7.10. The molecule has 0 heterocycles. The fraction of sp³-hybridized carbons (Fsp3) is 0.870. The van der Waals surface area contributed by atoms with Gasteiger partial charge in [-0.3, -0.25) is 4.79 Å². The molecule has 0 spiro atoms. The summed E-state index contributed by atoms with van der Waals surface area (Å²) < 4.78 is 0.